The summed E-state index contributed by atoms with van der Waals surface area (Å²) < 4.78 is 0. The Morgan fingerprint density at radius 3 is 2.68 bits per heavy atom. The molecule has 1 heterocycles. The molecule has 0 bridgehead atoms. The van der Waals surface area contributed by atoms with E-state index in [4.69, 9.17) is 5.41 Å². The molecule has 9 heteroatoms. The van der Waals surface area contributed by atoms with Crippen LogP contribution in [0.4, 0.5) is 0 Å². The average molecular weight is 393 g/mol. The Hall–Kier alpha value is -2.42. The highest BCUT2D eigenvalue weighted by atomic mass is 16.2. The summed E-state index contributed by atoms with van der Waals surface area (Å²) in [6, 6.07) is -0.832. The van der Waals surface area contributed by atoms with Crippen molar-refractivity contribution in [3.8, 4) is 0 Å². The molecule has 28 heavy (non-hydrogen) atoms. The third-order valence-corrected chi connectivity index (χ3v) is 4.62. The number of unbranched alkanes of at least 4 members (excludes halogenated alkanes) is 1. The van der Waals surface area contributed by atoms with E-state index in [0.717, 1.165) is 25.6 Å². The quantitative estimate of drug-likeness (QED) is 0.211. The largest absolute Gasteiger partial charge is 0.347 e. The molecule has 0 aromatic carbocycles. The minimum absolute atomic E-state index is 0.0573. The SMILES string of the molecule is CNCCCCC(=O)N[C@H](C=O)CCC1=NCC(=O)N1C(C)CCC(=O)C=N. The number of Topliss-reactive ketones (excluding diaryl/α,β-unsaturated/α-hetero) is 1. The van der Waals surface area contributed by atoms with Gasteiger partial charge in [0.1, 0.15) is 18.7 Å². The van der Waals surface area contributed by atoms with Gasteiger partial charge in [0.15, 0.2) is 5.78 Å². The summed E-state index contributed by atoms with van der Waals surface area (Å²) in [6.07, 6.45) is 4.89. The van der Waals surface area contributed by atoms with Crippen LogP contribution in [0, 0.1) is 5.41 Å². The molecule has 2 atom stereocenters. The Bertz CT molecular complexity index is 605. The van der Waals surface area contributed by atoms with Gasteiger partial charge >= 0.3 is 0 Å². The van der Waals surface area contributed by atoms with Crippen LogP contribution in [0.3, 0.4) is 0 Å². The summed E-state index contributed by atoms with van der Waals surface area (Å²) in [5.41, 5.74) is 0. The van der Waals surface area contributed by atoms with Gasteiger partial charge in [0, 0.05) is 25.3 Å². The zero-order valence-electron chi connectivity index (χ0n) is 16.7. The molecule has 156 valence electrons. The van der Waals surface area contributed by atoms with Gasteiger partial charge in [0.2, 0.25) is 11.8 Å². The monoisotopic (exact) mass is 393 g/mol. The predicted molar refractivity (Wildman–Crippen MR) is 107 cm³/mol. The summed E-state index contributed by atoms with van der Waals surface area (Å²) in [4.78, 5) is 52.5. The van der Waals surface area contributed by atoms with Crippen LogP contribution in [-0.2, 0) is 19.2 Å². The van der Waals surface area contributed by atoms with Crippen LogP contribution in [0.25, 0.3) is 0 Å². The number of amides is 2. The van der Waals surface area contributed by atoms with E-state index < -0.39 is 6.04 Å². The molecule has 0 radical (unpaired) electrons. The van der Waals surface area contributed by atoms with E-state index >= 15 is 0 Å². The maximum atomic E-state index is 12.1. The first-order valence-corrected chi connectivity index (χ1v) is 9.70. The van der Waals surface area contributed by atoms with E-state index in [1.807, 2.05) is 14.0 Å². The molecular weight excluding hydrogens is 362 g/mol. The maximum absolute atomic E-state index is 12.1. The minimum atomic E-state index is -0.619. The standard InChI is InChI=1S/C19H31N5O4/c1-14(6-8-16(26)11-20)24-17(22-12-19(24)28)9-7-15(13-25)23-18(27)5-3-4-10-21-2/h11,13-15,20-21H,3-10,12H2,1-2H3,(H,23,27)/t14?,15-/m0/s1. The molecule has 3 N–H and O–H groups in total. The summed E-state index contributed by atoms with van der Waals surface area (Å²) in [7, 11) is 1.86. The van der Waals surface area contributed by atoms with Crippen molar-refractivity contribution < 1.29 is 19.2 Å². The van der Waals surface area contributed by atoms with Crippen LogP contribution in [0.1, 0.15) is 51.9 Å². The molecule has 0 aromatic heterocycles. The Morgan fingerprint density at radius 2 is 2.04 bits per heavy atom. The summed E-state index contributed by atoms with van der Waals surface area (Å²) >= 11 is 0. The third-order valence-electron chi connectivity index (χ3n) is 4.62. The fourth-order valence-electron chi connectivity index (χ4n) is 3.03. The zero-order valence-corrected chi connectivity index (χ0v) is 16.7. The molecule has 9 nitrogen and oxygen atoms in total. The van der Waals surface area contributed by atoms with E-state index in [1.54, 1.807) is 4.90 Å². The first-order valence-electron chi connectivity index (χ1n) is 9.70. The van der Waals surface area contributed by atoms with Gasteiger partial charge in [-0.1, -0.05) is 0 Å². The minimum Gasteiger partial charge on any atom is -0.347 e. The van der Waals surface area contributed by atoms with Crippen molar-refractivity contribution in [1.29, 1.82) is 5.41 Å². The van der Waals surface area contributed by atoms with Crippen molar-refractivity contribution in [1.82, 2.24) is 15.5 Å². The molecule has 1 aliphatic heterocycles. The highest BCUT2D eigenvalue weighted by Gasteiger charge is 2.30. The molecular formula is C19H31N5O4. The Kier molecular flexibility index (Phi) is 10.9. The molecule has 0 saturated heterocycles. The van der Waals surface area contributed by atoms with Crippen LogP contribution >= 0.6 is 0 Å². The normalized spacial score (nSPS) is 15.7. The number of nitrogens with zero attached hydrogens (tertiary/aromatic N) is 2. The number of aldehydes is 1. The second kappa shape index (κ2) is 12.9. The van der Waals surface area contributed by atoms with Gasteiger partial charge in [-0.3, -0.25) is 24.3 Å². The molecule has 2 amide bonds. The summed E-state index contributed by atoms with van der Waals surface area (Å²) in [6.45, 7) is 2.74. The first-order chi connectivity index (χ1) is 13.4. The van der Waals surface area contributed by atoms with Crippen molar-refractivity contribution in [2.45, 2.75) is 64.0 Å². The fraction of sp³-hybridized carbons (Fsp3) is 0.684. The number of amidine groups is 1. The third kappa shape index (κ3) is 8.08. The highest BCUT2D eigenvalue weighted by molar-refractivity contribution is 6.26. The predicted octanol–water partition coefficient (Wildman–Crippen LogP) is 0.468. The van der Waals surface area contributed by atoms with Gasteiger partial charge in [-0.05, 0) is 46.2 Å². The molecule has 0 spiro atoms. The number of rotatable bonds is 15. The van der Waals surface area contributed by atoms with Gasteiger partial charge in [-0.25, -0.2) is 0 Å². The topological polar surface area (TPSA) is 132 Å². The van der Waals surface area contributed by atoms with E-state index in [9.17, 15) is 19.2 Å². The van der Waals surface area contributed by atoms with Crippen LogP contribution in [0.15, 0.2) is 4.99 Å². The summed E-state index contributed by atoms with van der Waals surface area (Å²) in [5.74, 6) is -0.000555. The van der Waals surface area contributed by atoms with Crippen molar-refractivity contribution in [3.63, 3.8) is 0 Å². The van der Waals surface area contributed by atoms with Gasteiger partial charge in [-0.2, -0.15) is 0 Å². The number of aliphatic imine (C=N–C) groups is 1. The van der Waals surface area contributed by atoms with Crippen molar-refractivity contribution in [3.05, 3.63) is 0 Å². The van der Waals surface area contributed by atoms with Crippen molar-refractivity contribution in [2.24, 2.45) is 4.99 Å². The number of hydrogen-bond acceptors (Lipinski definition) is 7. The lowest BCUT2D eigenvalue weighted by atomic mass is 10.1. The Morgan fingerprint density at radius 1 is 1.29 bits per heavy atom. The second-order valence-electron chi connectivity index (χ2n) is 6.90. The highest BCUT2D eigenvalue weighted by Crippen LogP contribution is 2.17. The number of carbonyl (C=O) groups excluding carboxylic acids is 4. The van der Waals surface area contributed by atoms with Crippen LogP contribution in [0.2, 0.25) is 0 Å². The van der Waals surface area contributed by atoms with E-state index in [2.05, 4.69) is 15.6 Å². The van der Waals surface area contributed by atoms with Crippen LogP contribution in [0.5, 0.6) is 0 Å². The number of hydrogen-bond donors (Lipinski definition) is 3. The molecule has 0 saturated carbocycles. The van der Waals surface area contributed by atoms with Crippen molar-refractivity contribution in [2.75, 3.05) is 20.1 Å². The molecule has 0 aliphatic carbocycles. The lowest BCUT2D eigenvalue weighted by Gasteiger charge is -2.26. The average Bonchev–Trinajstić information content (AvgIpc) is 3.06. The summed E-state index contributed by atoms with van der Waals surface area (Å²) in [5, 5.41) is 12.7. The van der Waals surface area contributed by atoms with Gasteiger partial charge < -0.3 is 20.8 Å². The van der Waals surface area contributed by atoms with Gasteiger partial charge in [0.25, 0.3) is 0 Å². The zero-order chi connectivity index (χ0) is 20.9. The van der Waals surface area contributed by atoms with Gasteiger partial charge in [-0.15, -0.1) is 0 Å². The lowest BCUT2D eigenvalue weighted by Crippen LogP contribution is -2.42. The molecule has 1 aliphatic rings. The molecule has 0 fully saturated rings. The number of nitrogens with one attached hydrogen (secondary N) is 3. The molecule has 1 unspecified atom stereocenters. The second-order valence-corrected chi connectivity index (χ2v) is 6.90. The van der Waals surface area contributed by atoms with Crippen LogP contribution in [-0.4, -0.2) is 73.1 Å². The maximum Gasteiger partial charge on any atom is 0.249 e. The molecule has 0 aromatic rings. The van der Waals surface area contributed by atoms with E-state index in [0.29, 0.717) is 37.8 Å². The number of carbonyl (C=O) groups is 4. The molecule has 1 rings (SSSR count). The first kappa shape index (κ1) is 23.6. The lowest BCUT2D eigenvalue weighted by molar-refractivity contribution is -0.126. The van der Waals surface area contributed by atoms with E-state index in [1.165, 1.54) is 0 Å². The van der Waals surface area contributed by atoms with E-state index in [-0.39, 0.29) is 36.6 Å². The number of ketones is 1. The smallest absolute Gasteiger partial charge is 0.249 e. The van der Waals surface area contributed by atoms with Gasteiger partial charge in [0.05, 0.1) is 12.3 Å². The fourth-order valence-corrected chi connectivity index (χ4v) is 3.03. The Labute approximate surface area is 165 Å². The Balaban J connectivity index is 2.49. The van der Waals surface area contributed by atoms with Crippen molar-refractivity contribution >= 4 is 35.9 Å². The van der Waals surface area contributed by atoms with Crippen LogP contribution < -0.4 is 10.6 Å².